The third kappa shape index (κ3) is 2.92. The number of hydrogen-bond acceptors (Lipinski definition) is 3. The Kier molecular flexibility index (Phi) is 4.26. The first-order chi connectivity index (χ1) is 8.24. The maximum Gasteiger partial charge on any atom is 0.126 e. The zero-order valence-electron chi connectivity index (χ0n) is 10.00. The molecule has 0 bridgehead atoms. The second-order valence-electron chi connectivity index (χ2n) is 3.79. The molecule has 0 spiro atoms. The van der Waals surface area contributed by atoms with E-state index in [9.17, 15) is 0 Å². The fourth-order valence-electron chi connectivity index (χ4n) is 1.77. The molecule has 1 atom stereocenters. The van der Waals surface area contributed by atoms with Crippen LogP contribution in [0.5, 0.6) is 0 Å². The lowest BCUT2D eigenvalue weighted by Crippen LogP contribution is -2.20. The van der Waals surface area contributed by atoms with Crippen LogP contribution in [0.4, 0.5) is 0 Å². The predicted octanol–water partition coefficient (Wildman–Crippen LogP) is 4.26. The van der Waals surface area contributed by atoms with Gasteiger partial charge in [-0.3, -0.25) is 0 Å². The van der Waals surface area contributed by atoms with Gasteiger partial charge in [0.05, 0.1) is 4.34 Å². The summed E-state index contributed by atoms with van der Waals surface area (Å²) in [5, 5.41) is 3.42. The Morgan fingerprint density at radius 3 is 2.65 bits per heavy atom. The van der Waals surface area contributed by atoms with Gasteiger partial charge in [-0.2, -0.15) is 0 Å². The van der Waals surface area contributed by atoms with Crippen LogP contribution >= 0.6 is 22.9 Å². The Bertz CT molecular complexity index is 477. The van der Waals surface area contributed by atoms with E-state index < -0.39 is 0 Å². The van der Waals surface area contributed by atoms with E-state index in [4.69, 9.17) is 16.0 Å². The molecule has 2 rings (SSSR count). The van der Waals surface area contributed by atoms with Gasteiger partial charge in [-0.25, -0.2) is 0 Å². The number of hydrogen-bond donors (Lipinski definition) is 1. The molecule has 2 aromatic heterocycles. The van der Waals surface area contributed by atoms with Crippen molar-refractivity contribution in [1.29, 1.82) is 0 Å². The summed E-state index contributed by atoms with van der Waals surface area (Å²) in [6.07, 6.45) is 0.921. The Morgan fingerprint density at radius 1 is 1.29 bits per heavy atom. The summed E-state index contributed by atoms with van der Waals surface area (Å²) in [7, 11) is 0. The number of aryl methyl sites for hydroxylation is 1. The van der Waals surface area contributed by atoms with E-state index in [0.717, 1.165) is 28.8 Å². The van der Waals surface area contributed by atoms with E-state index in [-0.39, 0.29) is 6.04 Å². The molecule has 0 fully saturated rings. The van der Waals surface area contributed by atoms with E-state index in [2.05, 4.69) is 25.2 Å². The average molecular weight is 270 g/mol. The summed E-state index contributed by atoms with van der Waals surface area (Å²) in [4.78, 5) is 1.19. The third-order valence-corrected chi connectivity index (χ3v) is 3.90. The summed E-state index contributed by atoms with van der Waals surface area (Å²) in [5.74, 6) is 1.98. The molecule has 0 amide bonds. The van der Waals surface area contributed by atoms with Gasteiger partial charge in [0.15, 0.2) is 0 Å². The van der Waals surface area contributed by atoms with Crippen molar-refractivity contribution in [2.75, 3.05) is 6.54 Å². The minimum atomic E-state index is 0.109. The molecule has 2 nitrogen and oxygen atoms in total. The number of rotatable bonds is 5. The number of thiophene rings is 1. The van der Waals surface area contributed by atoms with Gasteiger partial charge in [-0.1, -0.05) is 25.4 Å². The van der Waals surface area contributed by atoms with Crippen LogP contribution < -0.4 is 5.32 Å². The quantitative estimate of drug-likeness (QED) is 0.878. The molecule has 0 radical (unpaired) electrons. The minimum absolute atomic E-state index is 0.109. The van der Waals surface area contributed by atoms with Crippen molar-refractivity contribution in [3.8, 4) is 0 Å². The van der Waals surface area contributed by atoms with Crippen LogP contribution in [0.15, 0.2) is 28.7 Å². The van der Waals surface area contributed by atoms with E-state index in [0.29, 0.717) is 0 Å². The van der Waals surface area contributed by atoms with Crippen molar-refractivity contribution in [3.63, 3.8) is 0 Å². The lowest BCUT2D eigenvalue weighted by atomic mass is 10.2. The predicted molar refractivity (Wildman–Crippen MR) is 72.9 cm³/mol. The SMILES string of the molecule is CCNC(c1ccc(CC)o1)c1ccc(Cl)s1. The molecule has 17 heavy (non-hydrogen) atoms. The first-order valence-corrected chi connectivity index (χ1v) is 7.01. The van der Waals surface area contributed by atoms with Crippen LogP contribution in [0.2, 0.25) is 4.34 Å². The van der Waals surface area contributed by atoms with E-state index in [1.165, 1.54) is 4.88 Å². The molecule has 0 aliphatic heterocycles. The molecule has 2 aromatic rings. The molecule has 2 heterocycles. The van der Waals surface area contributed by atoms with Crippen molar-refractivity contribution in [2.45, 2.75) is 26.3 Å². The molecule has 1 N–H and O–H groups in total. The maximum atomic E-state index is 5.98. The summed E-state index contributed by atoms with van der Waals surface area (Å²) in [6, 6.07) is 8.16. The van der Waals surface area contributed by atoms with Crippen molar-refractivity contribution >= 4 is 22.9 Å². The van der Waals surface area contributed by atoms with Crippen LogP contribution in [0.1, 0.15) is 36.3 Å². The zero-order valence-corrected chi connectivity index (χ0v) is 11.6. The first-order valence-electron chi connectivity index (χ1n) is 5.81. The fourth-order valence-corrected chi connectivity index (χ4v) is 2.91. The van der Waals surface area contributed by atoms with Gasteiger partial charge >= 0.3 is 0 Å². The third-order valence-electron chi connectivity index (χ3n) is 2.60. The van der Waals surface area contributed by atoms with Crippen LogP contribution in [-0.2, 0) is 6.42 Å². The highest BCUT2D eigenvalue weighted by Crippen LogP contribution is 2.31. The number of nitrogens with one attached hydrogen (secondary N) is 1. The van der Waals surface area contributed by atoms with E-state index in [1.54, 1.807) is 11.3 Å². The highest BCUT2D eigenvalue weighted by atomic mass is 35.5. The number of furan rings is 1. The van der Waals surface area contributed by atoms with Crippen molar-refractivity contribution in [2.24, 2.45) is 0 Å². The Labute approximate surface area is 111 Å². The largest absolute Gasteiger partial charge is 0.464 e. The van der Waals surface area contributed by atoms with Crippen LogP contribution in [0, 0.1) is 0 Å². The fraction of sp³-hybridized carbons (Fsp3) is 0.385. The van der Waals surface area contributed by atoms with Gasteiger partial charge < -0.3 is 9.73 Å². The van der Waals surface area contributed by atoms with Crippen LogP contribution in [0.3, 0.4) is 0 Å². The standard InChI is InChI=1S/C13H16ClNOS/c1-3-9-5-6-10(16-9)13(15-4-2)11-7-8-12(14)17-11/h5-8,13,15H,3-4H2,1-2H3. The van der Waals surface area contributed by atoms with Crippen LogP contribution in [0.25, 0.3) is 0 Å². The molecule has 0 aliphatic rings. The van der Waals surface area contributed by atoms with Crippen molar-refractivity contribution < 1.29 is 4.42 Å². The monoisotopic (exact) mass is 269 g/mol. The lowest BCUT2D eigenvalue weighted by Gasteiger charge is -2.13. The van der Waals surface area contributed by atoms with E-state index >= 15 is 0 Å². The first kappa shape index (κ1) is 12.7. The molecule has 0 saturated carbocycles. The average Bonchev–Trinajstić information content (AvgIpc) is 2.94. The molecule has 4 heteroatoms. The summed E-state index contributed by atoms with van der Waals surface area (Å²) in [6.45, 7) is 5.07. The topological polar surface area (TPSA) is 25.2 Å². The smallest absolute Gasteiger partial charge is 0.126 e. The molecule has 92 valence electrons. The van der Waals surface area contributed by atoms with Gasteiger partial charge in [-0.15, -0.1) is 11.3 Å². The van der Waals surface area contributed by atoms with Crippen molar-refractivity contribution in [1.82, 2.24) is 5.32 Å². The molecule has 0 saturated heterocycles. The summed E-state index contributed by atoms with van der Waals surface area (Å²) >= 11 is 7.58. The second kappa shape index (κ2) is 5.71. The Hall–Kier alpha value is -0.770. The molecule has 1 unspecified atom stereocenters. The van der Waals surface area contributed by atoms with Gasteiger partial charge in [0.2, 0.25) is 0 Å². The molecular formula is C13H16ClNOS. The maximum absolute atomic E-state index is 5.98. The van der Waals surface area contributed by atoms with Gasteiger partial charge in [0.1, 0.15) is 17.6 Å². The van der Waals surface area contributed by atoms with Crippen LogP contribution in [-0.4, -0.2) is 6.54 Å². The normalized spacial score (nSPS) is 12.9. The highest BCUT2D eigenvalue weighted by molar-refractivity contribution is 7.16. The highest BCUT2D eigenvalue weighted by Gasteiger charge is 2.18. The number of halogens is 1. The van der Waals surface area contributed by atoms with Gasteiger partial charge in [-0.05, 0) is 30.8 Å². The lowest BCUT2D eigenvalue weighted by molar-refractivity contribution is 0.428. The van der Waals surface area contributed by atoms with Crippen molar-refractivity contribution in [3.05, 3.63) is 45.0 Å². The Morgan fingerprint density at radius 2 is 2.12 bits per heavy atom. The summed E-state index contributed by atoms with van der Waals surface area (Å²) < 4.78 is 6.62. The van der Waals surface area contributed by atoms with E-state index in [1.807, 2.05) is 18.2 Å². The molecular weight excluding hydrogens is 254 g/mol. The zero-order chi connectivity index (χ0) is 12.3. The van der Waals surface area contributed by atoms with Gasteiger partial charge in [0, 0.05) is 11.3 Å². The molecule has 0 aliphatic carbocycles. The Balaban J connectivity index is 2.28. The minimum Gasteiger partial charge on any atom is -0.464 e. The molecule has 0 aromatic carbocycles. The summed E-state index contributed by atoms with van der Waals surface area (Å²) in [5.41, 5.74) is 0. The second-order valence-corrected chi connectivity index (χ2v) is 5.54. The van der Waals surface area contributed by atoms with Gasteiger partial charge in [0.25, 0.3) is 0 Å².